The van der Waals surface area contributed by atoms with E-state index in [-0.39, 0.29) is 18.0 Å². The number of aromatic nitrogens is 2. The van der Waals surface area contributed by atoms with Gasteiger partial charge in [-0.05, 0) is 12.1 Å². The standard InChI is InChI=1S/C14H18N4O5S2/c19-24(20,17-4-6-23-7-5-17)11-9-18(10-11)25(21,22)13-8-16-14-12(13)2-1-3-15-14/h1-3,8,11H,4-7,9-10H2,(H,15,16). The molecule has 2 fully saturated rings. The quantitative estimate of drug-likeness (QED) is 0.765. The predicted molar refractivity (Wildman–Crippen MR) is 90.0 cm³/mol. The van der Waals surface area contributed by atoms with Gasteiger partial charge in [-0.25, -0.2) is 21.8 Å². The van der Waals surface area contributed by atoms with Gasteiger partial charge in [0.15, 0.2) is 0 Å². The highest BCUT2D eigenvalue weighted by atomic mass is 32.2. The van der Waals surface area contributed by atoms with Crippen LogP contribution >= 0.6 is 0 Å². The number of ether oxygens (including phenoxy) is 1. The van der Waals surface area contributed by atoms with Crippen molar-refractivity contribution in [2.75, 3.05) is 39.4 Å². The lowest BCUT2D eigenvalue weighted by molar-refractivity contribution is 0.0717. The van der Waals surface area contributed by atoms with Crippen LogP contribution in [0.3, 0.4) is 0 Å². The third-order valence-corrected chi connectivity index (χ3v) is 8.69. The summed E-state index contributed by atoms with van der Waals surface area (Å²) >= 11 is 0. The minimum atomic E-state index is -3.75. The van der Waals surface area contributed by atoms with Crippen molar-refractivity contribution in [2.45, 2.75) is 10.1 Å². The van der Waals surface area contributed by atoms with Crippen molar-refractivity contribution in [3.05, 3.63) is 24.5 Å². The van der Waals surface area contributed by atoms with Crippen molar-refractivity contribution in [3.8, 4) is 0 Å². The van der Waals surface area contributed by atoms with Crippen LogP contribution in [0, 0.1) is 0 Å². The van der Waals surface area contributed by atoms with Crippen LogP contribution in [0.1, 0.15) is 0 Å². The third-order valence-electron chi connectivity index (χ3n) is 4.60. The number of morpholine rings is 1. The Morgan fingerprint density at radius 2 is 1.84 bits per heavy atom. The predicted octanol–water partition coefficient (Wildman–Crippen LogP) is -0.402. The summed E-state index contributed by atoms with van der Waals surface area (Å²) in [6.07, 6.45) is 2.97. The molecule has 0 bridgehead atoms. The van der Waals surface area contributed by atoms with Gasteiger partial charge in [-0.2, -0.15) is 8.61 Å². The first-order chi connectivity index (χ1) is 11.9. The van der Waals surface area contributed by atoms with Crippen LogP contribution in [-0.2, 0) is 24.8 Å². The Kier molecular flexibility index (Phi) is 4.07. The molecule has 2 aliphatic heterocycles. The number of hydrogen-bond donors (Lipinski definition) is 1. The SMILES string of the molecule is O=S(=O)(c1c[nH]c2ncccc12)N1CC(S(=O)(=O)N2CCOCC2)C1. The van der Waals surface area contributed by atoms with E-state index in [9.17, 15) is 16.8 Å². The maximum atomic E-state index is 12.8. The maximum absolute atomic E-state index is 12.8. The zero-order valence-electron chi connectivity index (χ0n) is 13.3. The van der Waals surface area contributed by atoms with E-state index in [1.807, 2.05) is 0 Å². The summed E-state index contributed by atoms with van der Waals surface area (Å²) in [6.45, 7) is 1.32. The van der Waals surface area contributed by atoms with Crippen LogP contribution in [0.15, 0.2) is 29.4 Å². The Morgan fingerprint density at radius 3 is 2.56 bits per heavy atom. The number of nitrogens with zero attached hydrogens (tertiary/aromatic N) is 3. The zero-order valence-corrected chi connectivity index (χ0v) is 15.0. The molecule has 0 radical (unpaired) electrons. The fraction of sp³-hybridized carbons (Fsp3) is 0.500. The number of hydrogen-bond acceptors (Lipinski definition) is 6. The van der Waals surface area contributed by atoms with Crippen LogP contribution in [0.5, 0.6) is 0 Å². The second kappa shape index (κ2) is 6.02. The summed E-state index contributed by atoms with van der Waals surface area (Å²) in [5.74, 6) is 0. The van der Waals surface area contributed by atoms with Crippen LogP contribution in [0.4, 0.5) is 0 Å². The Labute approximate surface area is 145 Å². The van der Waals surface area contributed by atoms with Gasteiger partial charge in [-0.1, -0.05) is 0 Å². The Morgan fingerprint density at radius 1 is 1.12 bits per heavy atom. The highest BCUT2D eigenvalue weighted by molar-refractivity contribution is 7.91. The molecule has 2 aromatic rings. The molecule has 0 atom stereocenters. The van der Waals surface area contributed by atoms with E-state index >= 15 is 0 Å². The number of H-pyrrole nitrogens is 1. The molecule has 2 aromatic heterocycles. The lowest BCUT2D eigenvalue weighted by Gasteiger charge is -2.40. The molecule has 2 saturated heterocycles. The molecule has 11 heteroatoms. The van der Waals surface area contributed by atoms with Gasteiger partial charge in [-0.3, -0.25) is 0 Å². The molecule has 0 aliphatic carbocycles. The molecule has 4 heterocycles. The van der Waals surface area contributed by atoms with Gasteiger partial charge in [0.25, 0.3) is 0 Å². The first-order valence-electron chi connectivity index (χ1n) is 7.89. The van der Waals surface area contributed by atoms with Crippen LogP contribution in [-0.4, -0.2) is 80.1 Å². The molecule has 0 saturated carbocycles. The number of rotatable bonds is 4. The molecule has 0 aromatic carbocycles. The third kappa shape index (κ3) is 2.75. The van der Waals surface area contributed by atoms with E-state index in [1.54, 1.807) is 18.3 Å². The monoisotopic (exact) mass is 386 g/mol. The Hall–Kier alpha value is -1.53. The molecule has 0 spiro atoms. The highest BCUT2D eigenvalue weighted by Gasteiger charge is 2.46. The van der Waals surface area contributed by atoms with E-state index in [4.69, 9.17) is 4.74 Å². The maximum Gasteiger partial charge on any atom is 0.245 e. The summed E-state index contributed by atoms with van der Waals surface area (Å²) in [6, 6.07) is 3.34. The molecule has 1 N–H and O–H groups in total. The summed E-state index contributed by atoms with van der Waals surface area (Å²) in [7, 11) is -7.26. The smallest absolute Gasteiger partial charge is 0.245 e. The molecule has 2 aliphatic rings. The van der Waals surface area contributed by atoms with Crippen molar-refractivity contribution in [1.29, 1.82) is 0 Å². The fourth-order valence-corrected chi connectivity index (χ4v) is 6.77. The van der Waals surface area contributed by atoms with E-state index in [2.05, 4.69) is 9.97 Å². The molecule has 9 nitrogen and oxygen atoms in total. The van der Waals surface area contributed by atoms with Crippen molar-refractivity contribution in [2.24, 2.45) is 0 Å². The van der Waals surface area contributed by atoms with E-state index in [0.717, 1.165) is 0 Å². The fourth-order valence-electron chi connectivity index (χ4n) is 3.08. The average Bonchev–Trinajstić information content (AvgIpc) is 2.98. The van der Waals surface area contributed by atoms with Crippen molar-refractivity contribution >= 4 is 31.1 Å². The second-order valence-corrected chi connectivity index (χ2v) is 10.2. The molecular weight excluding hydrogens is 368 g/mol. The minimum absolute atomic E-state index is 0.0328. The number of nitrogens with one attached hydrogen (secondary N) is 1. The number of sulfonamides is 2. The second-order valence-electron chi connectivity index (χ2n) is 6.05. The van der Waals surface area contributed by atoms with E-state index < -0.39 is 25.3 Å². The summed E-state index contributed by atoms with van der Waals surface area (Å²) in [4.78, 5) is 7.04. The molecular formula is C14H18N4O5S2. The van der Waals surface area contributed by atoms with Gasteiger partial charge >= 0.3 is 0 Å². The van der Waals surface area contributed by atoms with Gasteiger partial charge in [0.1, 0.15) is 15.8 Å². The van der Waals surface area contributed by atoms with Crippen molar-refractivity contribution in [3.63, 3.8) is 0 Å². The van der Waals surface area contributed by atoms with Gasteiger partial charge in [0.05, 0.1) is 13.2 Å². The van der Waals surface area contributed by atoms with Crippen LogP contribution < -0.4 is 0 Å². The van der Waals surface area contributed by atoms with Crippen molar-refractivity contribution in [1.82, 2.24) is 18.6 Å². The molecule has 4 rings (SSSR count). The topological polar surface area (TPSA) is 113 Å². The summed E-state index contributed by atoms with van der Waals surface area (Å²) in [5.41, 5.74) is 0.485. The largest absolute Gasteiger partial charge is 0.379 e. The van der Waals surface area contributed by atoms with Crippen LogP contribution in [0.2, 0.25) is 0 Å². The lowest BCUT2D eigenvalue weighted by atomic mass is 10.3. The normalized spacial score (nSPS) is 21.4. The Balaban J connectivity index is 1.53. The molecule has 0 unspecified atom stereocenters. The Bertz CT molecular complexity index is 989. The van der Waals surface area contributed by atoms with Gasteiger partial charge in [-0.15, -0.1) is 0 Å². The van der Waals surface area contributed by atoms with E-state index in [1.165, 1.54) is 14.8 Å². The first-order valence-corrected chi connectivity index (χ1v) is 10.8. The minimum Gasteiger partial charge on any atom is -0.379 e. The lowest BCUT2D eigenvalue weighted by Crippen LogP contribution is -2.60. The molecule has 25 heavy (non-hydrogen) atoms. The highest BCUT2D eigenvalue weighted by Crippen LogP contribution is 2.30. The number of pyridine rings is 1. The van der Waals surface area contributed by atoms with Crippen molar-refractivity contribution < 1.29 is 21.6 Å². The summed E-state index contributed by atoms with van der Waals surface area (Å²) < 4.78 is 58.5. The van der Waals surface area contributed by atoms with E-state index in [0.29, 0.717) is 37.3 Å². The van der Waals surface area contributed by atoms with Gasteiger partial charge in [0, 0.05) is 44.0 Å². The first kappa shape index (κ1) is 16.9. The molecule has 136 valence electrons. The number of aromatic amines is 1. The zero-order chi connectivity index (χ0) is 17.7. The van der Waals surface area contributed by atoms with Crippen LogP contribution in [0.25, 0.3) is 11.0 Å². The van der Waals surface area contributed by atoms with Gasteiger partial charge in [0.2, 0.25) is 20.0 Å². The average molecular weight is 386 g/mol. The molecule has 0 amide bonds. The number of fused-ring (bicyclic) bond motifs is 1. The summed E-state index contributed by atoms with van der Waals surface area (Å²) in [5, 5.41) is -0.203. The van der Waals surface area contributed by atoms with Gasteiger partial charge < -0.3 is 9.72 Å².